The molecule has 1 aromatic heterocycles. The van der Waals surface area contributed by atoms with E-state index in [1.807, 2.05) is 0 Å². The van der Waals surface area contributed by atoms with Crippen molar-refractivity contribution in [2.45, 2.75) is 63.8 Å². The molecule has 1 saturated heterocycles. The maximum absolute atomic E-state index is 5.88. The minimum atomic E-state index is 0.487. The molecule has 0 N–H and O–H groups in total. The predicted octanol–water partition coefficient (Wildman–Crippen LogP) is 2.92. The number of rotatable bonds is 3. The lowest BCUT2D eigenvalue weighted by Gasteiger charge is -2.33. The van der Waals surface area contributed by atoms with Gasteiger partial charge in [-0.15, -0.1) is 10.2 Å². The van der Waals surface area contributed by atoms with Crippen LogP contribution >= 0.6 is 0 Å². The smallest absolute Gasteiger partial charge is 0.219 e. The molecule has 0 atom stereocenters. The van der Waals surface area contributed by atoms with Gasteiger partial charge in [0.25, 0.3) is 0 Å². The van der Waals surface area contributed by atoms with E-state index >= 15 is 0 Å². The Balaban J connectivity index is 1.60. The van der Waals surface area contributed by atoms with E-state index in [0.717, 1.165) is 37.7 Å². The fraction of sp³-hybridized carbons (Fsp3) is 0.857. The number of likely N-dealkylation sites (tertiary alicyclic amines) is 1. The van der Waals surface area contributed by atoms with Crippen LogP contribution in [-0.2, 0) is 0 Å². The van der Waals surface area contributed by atoms with E-state index in [2.05, 4.69) is 28.9 Å². The number of hydrogen-bond donors (Lipinski definition) is 0. The molecule has 0 amide bonds. The highest BCUT2D eigenvalue weighted by Gasteiger charge is 2.29. The van der Waals surface area contributed by atoms with Crippen molar-refractivity contribution in [3.8, 4) is 0 Å². The Morgan fingerprint density at radius 1 is 1.00 bits per heavy atom. The van der Waals surface area contributed by atoms with Crippen LogP contribution in [0.25, 0.3) is 0 Å². The minimum absolute atomic E-state index is 0.487. The van der Waals surface area contributed by atoms with Gasteiger partial charge in [-0.05, 0) is 52.6 Å². The van der Waals surface area contributed by atoms with E-state index in [1.165, 1.54) is 19.3 Å². The molecule has 0 spiro atoms. The third-order valence-electron chi connectivity index (χ3n) is 4.52. The van der Waals surface area contributed by atoms with Crippen LogP contribution < -0.4 is 0 Å². The van der Waals surface area contributed by atoms with Gasteiger partial charge in [0.15, 0.2) is 0 Å². The van der Waals surface area contributed by atoms with E-state index in [1.54, 1.807) is 0 Å². The first-order valence-electron chi connectivity index (χ1n) is 7.31. The average molecular weight is 249 g/mol. The fourth-order valence-corrected chi connectivity index (χ4v) is 2.89. The summed E-state index contributed by atoms with van der Waals surface area (Å²) in [4.78, 5) is 2.53. The monoisotopic (exact) mass is 249 g/mol. The van der Waals surface area contributed by atoms with E-state index < -0.39 is 0 Å². The SMILES string of the molecule is CC(C)N1CCC(c2nnc(C3CCC3)o2)CC1. The maximum Gasteiger partial charge on any atom is 0.219 e. The zero-order valence-corrected chi connectivity index (χ0v) is 11.4. The van der Waals surface area contributed by atoms with Gasteiger partial charge in [0.1, 0.15) is 0 Å². The van der Waals surface area contributed by atoms with Gasteiger partial charge in [-0.25, -0.2) is 0 Å². The topological polar surface area (TPSA) is 42.2 Å². The second-order valence-corrected chi connectivity index (χ2v) is 6.01. The molecule has 0 bridgehead atoms. The van der Waals surface area contributed by atoms with Crippen LogP contribution in [0.1, 0.15) is 69.6 Å². The van der Waals surface area contributed by atoms with Crippen molar-refractivity contribution in [1.29, 1.82) is 0 Å². The van der Waals surface area contributed by atoms with Crippen molar-refractivity contribution in [1.82, 2.24) is 15.1 Å². The first-order valence-corrected chi connectivity index (χ1v) is 7.31. The molecule has 1 aromatic rings. The van der Waals surface area contributed by atoms with Crippen molar-refractivity contribution in [2.75, 3.05) is 13.1 Å². The Labute approximate surface area is 109 Å². The van der Waals surface area contributed by atoms with E-state index in [0.29, 0.717) is 17.9 Å². The summed E-state index contributed by atoms with van der Waals surface area (Å²) in [6, 6.07) is 0.652. The first kappa shape index (κ1) is 12.2. The predicted molar refractivity (Wildman–Crippen MR) is 69.6 cm³/mol. The van der Waals surface area contributed by atoms with E-state index in [4.69, 9.17) is 4.42 Å². The third-order valence-corrected chi connectivity index (χ3v) is 4.52. The molecule has 1 aliphatic heterocycles. The van der Waals surface area contributed by atoms with Gasteiger partial charge in [-0.2, -0.15) is 0 Å². The van der Waals surface area contributed by atoms with Crippen molar-refractivity contribution >= 4 is 0 Å². The quantitative estimate of drug-likeness (QED) is 0.826. The molecular formula is C14H23N3O. The molecule has 3 rings (SSSR count). The van der Waals surface area contributed by atoms with Gasteiger partial charge in [0, 0.05) is 17.9 Å². The molecule has 4 heteroatoms. The van der Waals surface area contributed by atoms with Crippen LogP contribution in [0.5, 0.6) is 0 Å². The zero-order chi connectivity index (χ0) is 12.5. The van der Waals surface area contributed by atoms with E-state index in [9.17, 15) is 0 Å². The Hall–Kier alpha value is -0.900. The normalized spacial score (nSPS) is 23.5. The minimum Gasteiger partial charge on any atom is -0.425 e. The summed E-state index contributed by atoms with van der Waals surface area (Å²) in [6.07, 6.45) is 6.09. The van der Waals surface area contributed by atoms with Crippen LogP contribution in [0.3, 0.4) is 0 Å². The zero-order valence-electron chi connectivity index (χ0n) is 11.4. The molecule has 4 nitrogen and oxygen atoms in total. The second-order valence-electron chi connectivity index (χ2n) is 6.01. The Bertz CT molecular complexity index is 389. The van der Waals surface area contributed by atoms with Crippen LogP contribution in [0.2, 0.25) is 0 Å². The van der Waals surface area contributed by atoms with Crippen LogP contribution in [-0.4, -0.2) is 34.2 Å². The lowest BCUT2D eigenvalue weighted by Crippen LogP contribution is -2.37. The van der Waals surface area contributed by atoms with Crippen LogP contribution in [0.15, 0.2) is 4.42 Å². The first-order chi connectivity index (χ1) is 8.74. The number of hydrogen-bond acceptors (Lipinski definition) is 4. The molecule has 0 radical (unpaired) electrons. The maximum atomic E-state index is 5.88. The van der Waals surface area contributed by atoms with Gasteiger partial charge < -0.3 is 9.32 Å². The fourth-order valence-electron chi connectivity index (χ4n) is 2.89. The summed E-state index contributed by atoms with van der Waals surface area (Å²) in [6.45, 7) is 6.84. The second kappa shape index (κ2) is 5.00. The number of nitrogens with zero attached hydrogens (tertiary/aromatic N) is 3. The molecule has 2 aliphatic rings. The molecule has 100 valence electrons. The molecule has 1 aliphatic carbocycles. The van der Waals surface area contributed by atoms with Gasteiger partial charge in [0.05, 0.1) is 0 Å². The van der Waals surface area contributed by atoms with E-state index in [-0.39, 0.29) is 0 Å². The summed E-state index contributed by atoms with van der Waals surface area (Å²) in [5.41, 5.74) is 0. The summed E-state index contributed by atoms with van der Waals surface area (Å²) in [7, 11) is 0. The third kappa shape index (κ3) is 2.30. The highest BCUT2D eigenvalue weighted by molar-refractivity contribution is 5.00. The standard InChI is InChI=1S/C14H23N3O/c1-10(2)17-8-6-12(7-9-17)14-16-15-13(18-14)11-4-3-5-11/h10-12H,3-9H2,1-2H3. The summed E-state index contributed by atoms with van der Waals surface area (Å²) in [5.74, 6) is 2.83. The highest BCUT2D eigenvalue weighted by atomic mass is 16.4. The van der Waals surface area contributed by atoms with Gasteiger partial charge in [-0.1, -0.05) is 6.42 Å². The number of aromatic nitrogens is 2. The van der Waals surface area contributed by atoms with Gasteiger partial charge in [0.2, 0.25) is 11.8 Å². The molecule has 0 aromatic carbocycles. The van der Waals surface area contributed by atoms with Crippen molar-refractivity contribution in [3.63, 3.8) is 0 Å². The molecule has 0 unspecified atom stereocenters. The van der Waals surface area contributed by atoms with Crippen molar-refractivity contribution in [2.24, 2.45) is 0 Å². The van der Waals surface area contributed by atoms with Crippen molar-refractivity contribution < 1.29 is 4.42 Å². The molecule has 2 heterocycles. The number of piperidine rings is 1. The Morgan fingerprint density at radius 3 is 2.00 bits per heavy atom. The van der Waals surface area contributed by atoms with Crippen LogP contribution in [0.4, 0.5) is 0 Å². The van der Waals surface area contributed by atoms with Gasteiger partial charge in [-0.3, -0.25) is 0 Å². The Kier molecular flexibility index (Phi) is 3.37. The van der Waals surface area contributed by atoms with Gasteiger partial charge >= 0.3 is 0 Å². The molecular weight excluding hydrogens is 226 g/mol. The Morgan fingerprint density at radius 2 is 1.56 bits per heavy atom. The summed E-state index contributed by atoms with van der Waals surface area (Å²) < 4.78 is 5.88. The molecule has 1 saturated carbocycles. The molecule has 18 heavy (non-hydrogen) atoms. The summed E-state index contributed by atoms with van der Waals surface area (Å²) in [5, 5.41) is 8.51. The summed E-state index contributed by atoms with van der Waals surface area (Å²) >= 11 is 0. The molecule has 2 fully saturated rings. The largest absolute Gasteiger partial charge is 0.425 e. The van der Waals surface area contributed by atoms with Crippen molar-refractivity contribution in [3.05, 3.63) is 11.8 Å². The lowest BCUT2D eigenvalue weighted by molar-refractivity contribution is 0.161. The van der Waals surface area contributed by atoms with Crippen LogP contribution in [0, 0.1) is 0 Å². The average Bonchev–Trinajstić information content (AvgIpc) is 2.76. The highest BCUT2D eigenvalue weighted by Crippen LogP contribution is 2.37. The lowest BCUT2D eigenvalue weighted by atomic mass is 9.85.